The van der Waals surface area contributed by atoms with Gasteiger partial charge in [-0.1, -0.05) is 27.5 Å². The first-order valence-electron chi connectivity index (χ1n) is 5.67. The number of hydrogen-bond acceptors (Lipinski definition) is 2. The number of aromatic carboxylic acids is 1. The number of carbonyl (C=O) groups excluding carboxylic acids is 1. The average molecular weight is 433 g/mol. The van der Waals surface area contributed by atoms with Crippen LogP contribution in [-0.2, 0) is 0 Å². The highest BCUT2D eigenvalue weighted by molar-refractivity contribution is 9.10. The Morgan fingerprint density at radius 1 is 1.05 bits per heavy atom. The normalized spacial score (nSPS) is 10.2. The number of carboxylic acids is 1. The number of nitrogens with one attached hydrogen (secondary N) is 1. The number of benzene rings is 2. The number of rotatable bonds is 3. The van der Waals surface area contributed by atoms with Gasteiger partial charge in [-0.25, -0.2) is 4.79 Å². The second-order valence-electron chi connectivity index (χ2n) is 4.07. The van der Waals surface area contributed by atoms with E-state index in [-0.39, 0.29) is 11.3 Å². The van der Waals surface area contributed by atoms with Gasteiger partial charge in [-0.3, -0.25) is 4.79 Å². The van der Waals surface area contributed by atoms with Crippen LogP contribution in [0.15, 0.2) is 45.3 Å². The minimum atomic E-state index is -1.12. The topological polar surface area (TPSA) is 66.4 Å². The molecule has 4 nitrogen and oxygen atoms in total. The van der Waals surface area contributed by atoms with Crippen molar-refractivity contribution in [3.05, 3.63) is 61.5 Å². The standard InChI is InChI=1S/C14H8Br2ClNO3/c15-7-1-3-10(14(20)21)12(5-7)18-13(19)9-4-2-8(17)6-11(9)16/h1-6H,(H,18,19)(H,20,21). The number of hydrogen-bond donors (Lipinski definition) is 2. The maximum atomic E-state index is 12.2. The van der Waals surface area contributed by atoms with Crippen molar-refractivity contribution in [1.82, 2.24) is 0 Å². The third kappa shape index (κ3) is 3.84. The maximum absolute atomic E-state index is 12.2. The van der Waals surface area contributed by atoms with Gasteiger partial charge in [-0.15, -0.1) is 0 Å². The lowest BCUT2D eigenvalue weighted by Crippen LogP contribution is -2.15. The molecule has 0 atom stereocenters. The molecule has 7 heteroatoms. The van der Waals surface area contributed by atoms with Crippen molar-refractivity contribution >= 4 is 61.0 Å². The van der Waals surface area contributed by atoms with Crippen LogP contribution in [0.1, 0.15) is 20.7 Å². The molecule has 108 valence electrons. The van der Waals surface area contributed by atoms with Gasteiger partial charge in [0.1, 0.15) is 0 Å². The molecule has 2 rings (SSSR count). The first-order valence-corrected chi connectivity index (χ1v) is 7.64. The Hall–Kier alpha value is -1.37. The monoisotopic (exact) mass is 431 g/mol. The van der Waals surface area contributed by atoms with Crippen molar-refractivity contribution in [2.45, 2.75) is 0 Å². The number of anilines is 1. The summed E-state index contributed by atoms with van der Waals surface area (Å²) >= 11 is 12.3. The van der Waals surface area contributed by atoms with E-state index in [0.29, 0.717) is 19.5 Å². The summed E-state index contributed by atoms with van der Waals surface area (Å²) in [5.74, 6) is -1.55. The van der Waals surface area contributed by atoms with Gasteiger partial charge in [0.25, 0.3) is 5.91 Å². The molecule has 0 aliphatic carbocycles. The lowest BCUT2D eigenvalue weighted by atomic mass is 10.1. The highest BCUT2D eigenvalue weighted by atomic mass is 79.9. The SMILES string of the molecule is O=C(Nc1cc(Br)ccc1C(=O)O)c1ccc(Cl)cc1Br. The summed E-state index contributed by atoms with van der Waals surface area (Å²) in [6.07, 6.45) is 0. The van der Waals surface area contributed by atoms with Gasteiger partial charge in [-0.05, 0) is 52.3 Å². The molecular weight excluding hydrogens is 425 g/mol. The summed E-state index contributed by atoms with van der Waals surface area (Å²) in [6, 6.07) is 9.28. The van der Waals surface area contributed by atoms with E-state index in [2.05, 4.69) is 37.2 Å². The van der Waals surface area contributed by atoms with E-state index in [0.717, 1.165) is 0 Å². The molecule has 0 unspecified atom stereocenters. The molecule has 0 heterocycles. The van der Waals surface area contributed by atoms with Crippen LogP contribution in [0.3, 0.4) is 0 Å². The van der Waals surface area contributed by atoms with E-state index in [1.807, 2.05) is 0 Å². The van der Waals surface area contributed by atoms with Crippen molar-refractivity contribution in [3.63, 3.8) is 0 Å². The first-order chi connectivity index (χ1) is 9.88. The highest BCUT2D eigenvalue weighted by Crippen LogP contribution is 2.25. The lowest BCUT2D eigenvalue weighted by Gasteiger charge is -2.10. The predicted octanol–water partition coefficient (Wildman–Crippen LogP) is 4.82. The van der Waals surface area contributed by atoms with Crippen LogP contribution < -0.4 is 5.32 Å². The Bertz CT molecular complexity index is 734. The molecule has 0 aliphatic rings. The number of halogens is 3. The largest absolute Gasteiger partial charge is 0.478 e. The van der Waals surface area contributed by atoms with Gasteiger partial charge in [0.15, 0.2) is 0 Å². The molecule has 21 heavy (non-hydrogen) atoms. The molecule has 2 aromatic rings. The summed E-state index contributed by atoms with van der Waals surface area (Å²) in [5.41, 5.74) is 0.580. The van der Waals surface area contributed by atoms with E-state index in [1.165, 1.54) is 12.1 Å². The molecule has 0 saturated carbocycles. The van der Waals surface area contributed by atoms with Gasteiger partial charge >= 0.3 is 5.97 Å². The Labute approximate surface area is 142 Å². The molecule has 0 saturated heterocycles. The Morgan fingerprint density at radius 3 is 2.33 bits per heavy atom. The summed E-state index contributed by atoms with van der Waals surface area (Å²) in [6.45, 7) is 0. The minimum Gasteiger partial charge on any atom is -0.478 e. The summed E-state index contributed by atoms with van der Waals surface area (Å²) in [7, 11) is 0. The zero-order chi connectivity index (χ0) is 15.6. The number of carboxylic acid groups (broad SMARTS) is 1. The molecule has 0 bridgehead atoms. The fourth-order valence-electron chi connectivity index (χ4n) is 1.67. The average Bonchev–Trinajstić information content (AvgIpc) is 2.37. The molecule has 0 aliphatic heterocycles. The van der Waals surface area contributed by atoms with Gasteiger partial charge in [0.2, 0.25) is 0 Å². The van der Waals surface area contributed by atoms with Crippen molar-refractivity contribution in [1.29, 1.82) is 0 Å². The molecule has 2 N–H and O–H groups in total. The van der Waals surface area contributed by atoms with Gasteiger partial charge in [-0.2, -0.15) is 0 Å². The summed E-state index contributed by atoms with van der Waals surface area (Å²) < 4.78 is 1.19. The Morgan fingerprint density at radius 2 is 1.71 bits per heavy atom. The van der Waals surface area contributed by atoms with Crippen LogP contribution in [0, 0.1) is 0 Å². The fraction of sp³-hybridized carbons (Fsp3) is 0. The highest BCUT2D eigenvalue weighted by Gasteiger charge is 2.15. The lowest BCUT2D eigenvalue weighted by molar-refractivity contribution is 0.0698. The van der Waals surface area contributed by atoms with Crippen molar-refractivity contribution in [3.8, 4) is 0 Å². The molecule has 0 fully saturated rings. The van der Waals surface area contributed by atoms with Crippen LogP contribution in [0.2, 0.25) is 5.02 Å². The predicted molar refractivity (Wildman–Crippen MR) is 88.2 cm³/mol. The molecular formula is C14H8Br2ClNO3. The quantitative estimate of drug-likeness (QED) is 0.730. The summed E-state index contributed by atoms with van der Waals surface area (Å²) in [5, 5.41) is 12.2. The third-order valence-corrected chi connectivity index (χ3v) is 4.02. The zero-order valence-corrected chi connectivity index (χ0v) is 14.3. The van der Waals surface area contributed by atoms with Gasteiger partial charge in [0.05, 0.1) is 16.8 Å². The van der Waals surface area contributed by atoms with E-state index in [4.69, 9.17) is 16.7 Å². The number of carbonyl (C=O) groups is 2. The van der Waals surface area contributed by atoms with Crippen molar-refractivity contribution in [2.75, 3.05) is 5.32 Å². The zero-order valence-electron chi connectivity index (χ0n) is 10.4. The third-order valence-electron chi connectivity index (χ3n) is 2.64. The van der Waals surface area contributed by atoms with Crippen LogP contribution >= 0.6 is 43.5 Å². The molecule has 0 aromatic heterocycles. The molecule has 2 aromatic carbocycles. The molecule has 1 amide bonds. The summed E-state index contributed by atoms with van der Waals surface area (Å²) in [4.78, 5) is 23.4. The van der Waals surface area contributed by atoms with E-state index in [1.54, 1.807) is 24.3 Å². The fourth-order valence-corrected chi connectivity index (χ4v) is 2.89. The van der Waals surface area contributed by atoms with Crippen LogP contribution in [0.25, 0.3) is 0 Å². The van der Waals surface area contributed by atoms with Crippen LogP contribution in [0.4, 0.5) is 5.69 Å². The Balaban J connectivity index is 2.35. The van der Waals surface area contributed by atoms with Gasteiger partial charge < -0.3 is 10.4 Å². The van der Waals surface area contributed by atoms with E-state index >= 15 is 0 Å². The first kappa shape index (κ1) is 16.0. The van der Waals surface area contributed by atoms with Gasteiger partial charge in [0, 0.05) is 14.0 Å². The second-order valence-corrected chi connectivity index (χ2v) is 6.28. The maximum Gasteiger partial charge on any atom is 0.337 e. The van der Waals surface area contributed by atoms with Crippen LogP contribution in [-0.4, -0.2) is 17.0 Å². The smallest absolute Gasteiger partial charge is 0.337 e. The number of amides is 1. The Kier molecular flexibility index (Phi) is 5.03. The molecule has 0 spiro atoms. The van der Waals surface area contributed by atoms with E-state index in [9.17, 15) is 9.59 Å². The van der Waals surface area contributed by atoms with Crippen molar-refractivity contribution < 1.29 is 14.7 Å². The van der Waals surface area contributed by atoms with Crippen molar-refractivity contribution in [2.24, 2.45) is 0 Å². The molecule has 0 radical (unpaired) electrons. The van der Waals surface area contributed by atoms with E-state index < -0.39 is 11.9 Å². The minimum absolute atomic E-state index is 0.0108. The second kappa shape index (κ2) is 6.60. The van der Waals surface area contributed by atoms with Crippen LogP contribution in [0.5, 0.6) is 0 Å².